The van der Waals surface area contributed by atoms with Crippen LogP contribution in [0.5, 0.6) is 5.75 Å². The highest BCUT2D eigenvalue weighted by Gasteiger charge is 2.43. The van der Waals surface area contributed by atoms with Crippen LogP contribution in [-0.4, -0.2) is 23.2 Å². The van der Waals surface area contributed by atoms with Gasteiger partial charge in [-0.05, 0) is 42.5 Å². The van der Waals surface area contributed by atoms with Crippen molar-refractivity contribution in [3.8, 4) is 17.0 Å². The maximum Gasteiger partial charge on any atom is 0.277 e. The number of hydrogen-bond acceptors (Lipinski definition) is 3. The van der Waals surface area contributed by atoms with Crippen molar-refractivity contribution in [1.29, 1.82) is 0 Å². The Bertz CT molecular complexity index is 1220. The molecule has 3 aromatic carbocycles. The first-order valence-electron chi connectivity index (χ1n) is 9.54. The van der Waals surface area contributed by atoms with Crippen LogP contribution in [0, 0.1) is 5.82 Å². The van der Waals surface area contributed by atoms with Gasteiger partial charge in [0.25, 0.3) is 5.91 Å². The van der Waals surface area contributed by atoms with Gasteiger partial charge in [-0.2, -0.15) is 5.10 Å². The summed E-state index contributed by atoms with van der Waals surface area (Å²) in [5.41, 5.74) is 3.59. The van der Waals surface area contributed by atoms with Crippen LogP contribution < -0.4 is 9.64 Å². The molecule has 0 aliphatic carbocycles. The van der Waals surface area contributed by atoms with E-state index in [1.807, 2.05) is 54.6 Å². The molecular formula is C24H18FN3O2. The molecule has 1 aliphatic rings. The lowest BCUT2D eigenvalue weighted by molar-refractivity contribution is 0.0988. The number of halogens is 1. The van der Waals surface area contributed by atoms with Crippen LogP contribution in [0.25, 0.3) is 11.3 Å². The molecule has 0 fully saturated rings. The molecule has 1 aromatic heterocycles. The molecule has 0 saturated heterocycles. The standard InChI is InChI=1S/C24H18FN3O2/c1-30-17-13-11-15(12-14-17)21-20-22(27-26-21)24(29)28(16-7-3-2-4-8-16)23(20)18-9-5-6-10-19(18)25/h2-14,23H,1H3,(H,26,27)/t23-/m0/s1. The van der Waals surface area contributed by atoms with Gasteiger partial charge in [-0.1, -0.05) is 36.4 Å². The highest BCUT2D eigenvalue weighted by Crippen LogP contribution is 2.45. The number of aromatic nitrogens is 2. The molecule has 0 saturated carbocycles. The maximum absolute atomic E-state index is 14.9. The van der Waals surface area contributed by atoms with Crippen LogP contribution in [0.2, 0.25) is 0 Å². The molecule has 0 spiro atoms. The largest absolute Gasteiger partial charge is 0.497 e. The van der Waals surface area contributed by atoms with E-state index in [0.29, 0.717) is 28.2 Å². The second-order valence-corrected chi connectivity index (χ2v) is 7.02. The summed E-state index contributed by atoms with van der Waals surface area (Å²) in [6.07, 6.45) is 0. The normalized spacial score (nSPS) is 15.3. The van der Waals surface area contributed by atoms with Crippen LogP contribution in [0.1, 0.15) is 27.7 Å². The minimum atomic E-state index is -0.632. The van der Waals surface area contributed by atoms with E-state index in [-0.39, 0.29) is 11.7 Å². The van der Waals surface area contributed by atoms with Gasteiger partial charge in [0.2, 0.25) is 0 Å². The number of aromatic amines is 1. The minimum Gasteiger partial charge on any atom is -0.497 e. The fourth-order valence-corrected chi connectivity index (χ4v) is 3.96. The Hall–Kier alpha value is -3.93. The Morgan fingerprint density at radius 3 is 2.37 bits per heavy atom. The zero-order chi connectivity index (χ0) is 20.7. The number of nitrogens with one attached hydrogen (secondary N) is 1. The first-order valence-corrected chi connectivity index (χ1v) is 9.54. The van der Waals surface area contributed by atoms with Gasteiger partial charge in [-0.3, -0.25) is 14.8 Å². The van der Waals surface area contributed by atoms with Crippen LogP contribution in [0.3, 0.4) is 0 Å². The fourth-order valence-electron chi connectivity index (χ4n) is 3.96. The average Bonchev–Trinajstić information content (AvgIpc) is 3.34. The zero-order valence-corrected chi connectivity index (χ0v) is 16.2. The van der Waals surface area contributed by atoms with E-state index in [1.165, 1.54) is 6.07 Å². The zero-order valence-electron chi connectivity index (χ0n) is 16.2. The van der Waals surface area contributed by atoms with Gasteiger partial charge in [0, 0.05) is 22.4 Å². The lowest BCUT2D eigenvalue weighted by Crippen LogP contribution is -2.29. The van der Waals surface area contributed by atoms with E-state index in [1.54, 1.807) is 30.2 Å². The highest BCUT2D eigenvalue weighted by atomic mass is 19.1. The Kier molecular flexibility index (Phi) is 4.32. The molecule has 0 bridgehead atoms. The van der Waals surface area contributed by atoms with Crippen LogP contribution in [0.4, 0.5) is 10.1 Å². The number of amides is 1. The number of hydrogen-bond donors (Lipinski definition) is 1. The van der Waals surface area contributed by atoms with Crippen molar-refractivity contribution in [2.24, 2.45) is 0 Å². The third-order valence-corrected chi connectivity index (χ3v) is 5.37. The summed E-state index contributed by atoms with van der Waals surface area (Å²) in [4.78, 5) is 15.0. The number of methoxy groups -OCH3 is 1. The molecular weight excluding hydrogens is 381 g/mol. The molecule has 0 radical (unpaired) electrons. The number of anilines is 1. The molecule has 1 aliphatic heterocycles. The molecule has 1 N–H and O–H groups in total. The first kappa shape index (κ1) is 18.1. The molecule has 5 rings (SSSR count). The number of carbonyl (C=O) groups is 1. The van der Waals surface area contributed by atoms with Gasteiger partial charge in [0.1, 0.15) is 17.3 Å². The van der Waals surface area contributed by atoms with E-state index in [4.69, 9.17) is 4.74 Å². The molecule has 2 heterocycles. The van der Waals surface area contributed by atoms with Gasteiger partial charge in [-0.25, -0.2) is 4.39 Å². The molecule has 5 nitrogen and oxygen atoms in total. The van der Waals surface area contributed by atoms with Gasteiger partial charge in [-0.15, -0.1) is 0 Å². The van der Waals surface area contributed by atoms with Crippen LogP contribution in [-0.2, 0) is 0 Å². The number of para-hydroxylation sites is 1. The molecule has 0 unspecified atom stereocenters. The molecule has 1 amide bonds. The summed E-state index contributed by atoms with van der Waals surface area (Å²) in [6.45, 7) is 0. The Balaban J connectivity index is 1.72. The molecule has 4 aromatic rings. The number of nitrogens with zero attached hydrogens (tertiary/aromatic N) is 2. The Morgan fingerprint density at radius 2 is 1.67 bits per heavy atom. The predicted molar refractivity (Wildman–Crippen MR) is 112 cm³/mol. The van der Waals surface area contributed by atoms with Crippen molar-refractivity contribution >= 4 is 11.6 Å². The first-order chi connectivity index (χ1) is 14.7. The summed E-state index contributed by atoms with van der Waals surface area (Å²) in [5.74, 6) is 0.112. The van der Waals surface area contributed by atoms with E-state index in [2.05, 4.69) is 10.2 Å². The summed E-state index contributed by atoms with van der Waals surface area (Å²) < 4.78 is 20.1. The topological polar surface area (TPSA) is 58.2 Å². The third kappa shape index (κ3) is 2.76. The fraction of sp³-hybridized carbons (Fsp3) is 0.0833. The number of ether oxygens (including phenoxy) is 1. The van der Waals surface area contributed by atoms with Gasteiger partial charge < -0.3 is 4.74 Å². The number of H-pyrrole nitrogens is 1. The molecule has 148 valence electrons. The van der Waals surface area contributed by atoms with Crippen LogP contribution >= 0.6 is 0 Å². The quantitative estimate of drug-likeness (QED) is 0.527. The minimum absolute atomic E-state index is 0.239. The van der Waals surface area contributed by atoms with Crippen molar-refractivity contribution in [3.05, 3.63) is 102 Å². The maximum atomic E-state index is 14.9. The second kappa shape index (κ2) is 7.15. The molecule has 1 atom stereocenters. The van der Waals surface area contributed by atoms with Crippen LogP contribution in [0.15, 0.2) is 78.9 Å². The number of carbonyl (C=O) groups excluding carboxylic acids is 1. The van der Waals surface area contributed by atoms with Crippen molar-refractivity contribution in [2.45, 2.75) is 6.04 Å². The Morgan fingerprint density at radius 1 is 0.967 bits per heavy atom. The smallest absolute Gasteiger partial charge is 0.277 e. The number of rotatable bonds is 4. The lowest BCUT2D eigenvalue weighted by atomic mass is 9.95. The van der Waals surface area contributed by atoms with E-state index in [0.717, 1.165) is 11.3 Å². The third-order valence-electron chi connectivity index (χ3n) is 5.37. The predicted octanol–water partition coefficient (Wildman–Crippen LogP) is 4.97. The summed E-state index contributed by atoms with van der Waals surface area (Å²) in [5, 5.41) is 7.30. The monoisotopic (exact) mass is 399 g/mol. The average molecular weight is 399 g/mol. The summed E-state index contributed by atoms with van der Waals surface area (Å²) in [6, 6.07) is 22.6. The lowest BCUT2D eigenvalue weighted by Gasteiger charge is -2.26. The SMILES string of the molecule is COc1ccc(-c2n[nH]c3c2[C@H](c2ccccc2F)N(c2ccccc2)C3=O)cc1. The van der Waals surface area contributed by atoms with Gasteiger partial charge in [0.15, 0.2) is 0 Å². The highest BCUT2D eigenvalue weighted by molar-refractivity contribution is 6.11. The molecule has 30 heavy (non-hydrogen) atoms. The second-order valence-electron chi connectivity index (χ2n) is 7.02. The van der Waals surface area contributed by atoms with E-state index < -0.39 is 6.04 Å². The van der Waals surface area contributed by atoms with Crippen molar-refractivity contribution in [2.75, 3.05) is 12.0 Å². The van der Waals surface area contributed by atoms with E-state index >= 15 is 0 Å². The van der Waals surface area contributed by atoms with Gasteiger partial charge >= 0.3 is 0 Å². The Labute approximate surface area is 172 Å². The summed E-state index contributed by atoms with van der Waals surface area (Å²) in [7, 11) is 1.60. The van der Waals surface area contributed by atoms with E-state index in [9.17, 15) is 9.18 Å². The van der Waals surface area contributed by atoms with Crippen molar-refractivity contribution in [1.82, 2.24) is 10.2 Å². The molecule has 6 heteroatoms. The summed E-state index contributed by atoms with van der Waals surface area (Å²) >= 11 is 0. The van der Waals surface area contributed by atoms with Crippen molar-refractivity contribution in [3.63, 3.8) is 0 Å². The van der Waals surface area contributed by atoms with Gasteiger partial charge in [0.05, 0.1) is 18.8 Å². The number of fused-ring (bicyclic) bond motifs is 1. The number of benzene rings is 3. The van der Waals surface area contributed by atoms with Crippen molar-refractivity contribution < 1.29 is 13.9 Å².